The molecule has 7 nitrogen and oxygen atoms in total. The maximum absolute atomic E-state index is 11.3. The lowest BCUT2D eigenvalue weighted by Gasteiger charge is -2.28. The Kier molecular flexibility index (Phi) is 4.42. The van der Waals surface area contributed by atoms with Crippen molar-refractivity contribution in [2.75, 3.05) is 5.32 Å². The van der Waals surface area contributed by atoms with Crippen LogP contribution in [0.25, 0.3) is 10.2 Å². The summed E-state index contributed by atoms with van der Waals surface area (Å²) in [6, 6.07) is 1.98. The predicted molar refractivity (Wildman–Crippen MR) is 87.9 cm³/mol. The highest BCUT2D eigenvalue weighted by Crippen LogP contribution is 2.37. The van der Waals surface area contributed by atoms with Crippen molar-refractivity contribution in [1.29, 1.82) is 0 Å². The van der Waals surface area contributed by atoms with Gasteiger partial charge in [0, 0.05) is 12.5 Å². The lowest BCUT2D eigenvalue weighted by Crippen LogP contribution is -2.27. The van der Waals surface area contributed by atoms with Crippen LogP contribution < -0.4 is 5.32 Å². The number of nitro groups is 1. The van der Waals surface area contributed by atoms with Gasteiger partial charge in [-0.15, -0.1) is 11.3 Å². The second kappa shape index (κ2) is 6.49. The van der Waals surface area contributed by atoms with Crippen LogP contribution in [0.15, 0.2) is 17.6 Å². The summed E-state index contributed by atoms with van der Waals surface area (Å²) in [6.45, 7) is 0. The Morgan fingerprint density at radius 1 is 1.43 bits per heavy atom. The highest BCUT2D eigenvalue weighted by molar-refractivity contribution is 7.17. The van der Waals surface area contributed by atoms with Gasteiger partial charge in [-0.3, -0.25) is 14.9 Å². The van der Waals surface area contributed by atoms with Gasteiger partial charge in [0.05, 0.1) is 15.1 Å². The molecular weight excluding hydrogens is 318 g/mol. The molecule has 0 bridgehead atoms. The Labute approximate surface area is 136 Å². The smallest absolute Gasteiger partial charge is 0.311 e. The number of hydrogen-bond donors (Lipinski definition) is 2. The molecule has 2 heterocycles. The second-order valence-corrected chi connectivity index (χ2v) is 6.79. The highest BCUT2D eigenvalue weighted by Gasteiger charge is 2.26. The maximum atomic E-state index is 11.3. The number of fused-ring (bicyclic) bond motifs is 1. The number of hydrogen-bond acceptors (Lipinski definition) is 6. The third-order valence-electron chi connectivity index (χ3n) is 4.31. The minimum atomic E-state index is -0.758. The van der Waals surface area contributed by atoms with E-state index in [4.69, 9.17) is 5.11 Å². The number of pyridine rings is 1. The van der Waals surface area contributed by atoms with Crippen molar-refractivity contribution in [2.24, 2.45) is 5.92 Å². The first kappa shape index (κ1) is 15.7. The molecule has 122 valence electrons. The molecule has 0 aliphatic heterocycles. The Hall–Kier alpha value is -2.22. The number of carboxylic acid groups (broad SMARTS) is 1. The molecule has 2 aromatic rings. The Morgan fingerprint density at radius 3 is 2.83 bits per heavy atom. The minimum absolute atomic E-state index is 0.00684. The molecule has 0 amide bonds. The van der Waals surface area contributed by atoms with Gasteiger partial charge in [0.15, 0.2) is 0 Å². The summed E-state index contributed by atoms with van der Waals surface area (Å²) in [5.74, 6) is -0.550. The van der Waals surface area contributed by atoms with E-state index in [9.17, 15) is 14.9 Å². The van der Waals surface area contributed by atoms with Crippen molar-refractivity contribution in [3.05, 3.63) is 27.8 Å². The van der Waals surface area contributed by atoms with Crippen LogP contribution in [0, 0.1) is 16.0 Å². The summed E-state index contributed by atoms with van der Waals surface area (Å²) >= 11 is 1.44. The molecule has 1 aliphatic carbocycles. The van der Waals surface area contributed by atoms with E-state index in [1.54, 1.807) is 0 Å². The number of carboxylic acids is 1. The van der Waals surface area contributed by atoms with Crippen molar-refractivity contribution in [3.8, 4) is 0 Å². The van der Waals surface area contributed by atoms with Gasteiger partial charge in [-0.25, -0.2) is 4.98 Å². The molecule has 1 aliphatic rings. The summed E-state index contributed by atoms with van der Waals surface area (Å²) in [5.41, 5.74) is 1.28. The maximum Gasteiger partial charge on any atom is 0.311 e. The van der Waals surface area contributed by atoms with Gasteiger partial charge >= 0.3 is 11.7 Å². The summed E-state index contributed by atoms with van der Waals surface area (Å²) in [4.78, 5) is 25.8. The highest BCUT2D eigenvalue weighted by atomic mass is 32.1. The average molecular weight is 335 g/mol. The fraction of sp³-hybridized carbons (Fsp3) is 0.467. The number of anilines is 1. The van der Waals surface area contributed by atoms with E-state index in [0.29, 0.717) is 5.69 Å². The lowest BCUT2D eigenvalue weighted by molar-refractivity contribution is -0.384. The van der Waals surface area contributed by atoms with E-state index in [1.807, 2.05) is 11.4 Å². The molecule has 2 aromatic heterocycles. The van der Waals surface area contributed by atoms with E-state index in [-0.39, 0.29) is 24.1 Å². The molecular formula is C15H17N3O4S. The van der Waals surface area contributed by atoms with Gasteiger partial charge in [-0.05, 0) is 43.0 Å². The standard InChI is InChI=1S/C15H17N3O4S/c19-13(20)7-9-1-3-10(4-2-9)17-14-12(18(21)22)8-16-11-5-6-23-15(11)14/h5-6,8-10H,1-4,7H2,(H,16,17)(H,19,20). The van der Waals surface area contributed by atoms with Gasteiger partial charge in [0.25, 0.3) is 0 Å². The molecule has 1 fully saturated rings. The Morgan fingerprint density at radius 2 is 2.17 bits per heavy atom. The number of nitrogens with zero attached hydrogens (tertiary/aromatic N) is 2. The van der Waals surface area contributed by atoms with Gasteiger partial charge in [-0.2, -0.15) is 0 Å². The first-order chi connectivity index (χ1) is 11.0. The largest absolute Gasteiger partial charge is 0.481 e. The van der Waals surface area contributed by atoms with Gasteiger partial charge < -0.3 is 10.4 Å². The molecule has 0 aromatic carbocycles. The van der Waals surface area contributed by atoms with Crippen LogP contribution in [0.4, 0.5) is 11.4 Å². The number of rotatable bonds is 5. The van der Waals surface area contributed by atoms with Crippen LogP contribution in [0.1, 0.15) is 32.1 Å². The van der Waals surface area contributed by atoms with Crippen LogP contribution in [0.5, 0.6) is 0 Å². The first-order valence-electron chi connectivity index (χ1n) is 7.53. The average Bonchev–Trinajstić information content (AvgIpc) is 2.97. The monoisotopic (exact) mass is 335 g/mol. The molecule has 3 rings (SSSR count). The summed E-state index contributed by atoms with van der Waals surface area (Å²) in [5, 5.41) is 25.3. The van der Waals surface area contributed by atoms with E-state index in [2.05, 4.69) is 10.3 Å². The number of thiophene rings is 1. The third-order valence-corrected chi connectivity index (χ3v) is 5.23. The molecule has 0 radical (unpaired) electrons. The second-order valence-electron chi connectivity index (χ2n) is 5.87. The summed E-state index contributed by atoms with van der Waals surface area (Å²) in [7, 11) is 0. The van der Waals surface area contributed by atoms with Crippen LogP contribution in [0.2, 0.25) is 0 Å². The molecule has 0 atom stereocenters. The first-order valence-corrected chi connectivity index (χ1v) is 8.41. The molecule has 0 unspecified atom stereocenters. The fourth-order valence-electron chi connectivity index (χ4n) is 3.14. The van der Waals surface area contributed by atoms with Crippen molar-refractivity contribution in [2.45, 2.75) is 38.1 Å². The Bertz CT molecular complexity index is 737. The van der Waals surface area contributed by atoms with Crippen molar-refractivity contribution >= 4 is 38.9 Å². The summed E-state index contributed by atoms with van der Waals surface area (Å²) in [6.07, 6.45) is 4.81. The van der Waals surface area contributed by atoms with E-state index in [0.717, 1.165) is 35.9 Å². The van der Waals surface area contributed by atoms with Crippen molar-refractivity contribution in [3.63, 3.8) is 0 Å². The van der Waals surface area contributed by atoms with Crippen molar-refractivity contribution in [1.82, 2.24) is 4.98 Å². The molecule has 23 heavy (non-hydrogen) atoms. The van der Waals surface area contributed by atoms with Gasteiger partial charge in [-0.1, -0.05) is 0 Å². The predicted octanol–water partition coefficient (Wildman–Crippen LogP) is 3.65. The van der Waals surface area contributed by atoms with Crippen LogP contribution in [-0.2, 0) is 4.79 Å². The van der Waals surface area contributed by atoms with E-state index in [1.165, 1.54) is 17.5 Å². The number of carbonyl (C=O) groups is 1. The molecule has 0 spiro atoms. The zero-order chi connectivity index (χ0) is 16.4. The third kappa shape index (κ3) is 3.42. The van der Waals surface area contributed by atoms with Crippen LogP contribution in [0.3, 0.4) is 0 Å². The normalized spacial score (nSPS) is 21.2. The Balaban J connectivity index is 1.77. The van der Waals surface area contributed by atoms with E-state index >= 15 is 0 Å². The number of nitrogens with one attached hydrogen (secondary N) is 1. The quantitative estimate of drug-likeness (QED) is 0.638. The zero-order valence-corrected chi connectivity index (χ0v) is 13.2. The van der Waals surface area contributed by atoms with Crippen LogP contribution in [-0.4, -0.2) is 27.0 Å². The van der Waals surface area contributed by atoms with Crippen LogP contribution >= 0.6 is 11.3 Å². The SMILES string of the molecule is O=C(O)CC1CCC(Nc2c([N+](=O)[O-])cnc3ccsc23)CC1. The van der Waals surface area contributed by atoms with E-state index < -0.39 is 10.9 Å². The molecule has 0 saturated heterocycles. The van der Waals surface area contributed by atoms with Gasteiger partial charge in [0.1, 0.15) is 11.9 Å². The molecule has 1 saturated carbocycles. The topological polar surface area (TPSA) is 105 Å². The zero-order valence-electron chi connectivity index (χ0n) is 12.4. The van der Waals surface area contributed by atoms with Crippen molar-refractivity contribution < 1.29 is 14.8 Å². The number of aliphatic carboxylic acids is 1. The van der Waals surface area contributed by atoms with Gasteiger partial charge in [0.2, 0.25) is 0 Å². The minimum Gasteiger partial charge on any atom is -0.481 e. The fourth-order valence-corrected chi connectivity index (χ4v) is 4.00. The number of aromatic nitrogens is 1. The molecule has 2 N–H and O–H groups in total. The lowest BCUT2D eigenvalue weighted by atomic mass is 9.84. The molecule has 8 heteroatoms. The summed E-state index contributed by atoms with van der Waals surface area (Å²) < 4.78 is 0.798.